The van der Waals surface area contributed by atoms with Gasteiger partial charge in [0.1, 0.15) is 0 Å². The molecule has 12 heavy (non-hydrogen) atoms. The van der Waals surface area contributed by atoms with Crippen LogP contribution in [0.15, 0.2) is 30.3 Å². The molecule has 1 aromatic carbocycles. The number of rotatable bonds is 0. The first-order valence-electron chi connectivity index (χ1n) is 3.52. The predicted octanol–water partition coefficient (Wildman–Crippen LogP) is 2.28. The zero-order chi connectivity index (χ0) is 8.81. The Morgan fingerprint density at radius 3 is 2.58 bits per heavy atom. The Labute approximate surface area is 76.2 Å². The van der Waals surface area contributed by atoms with Crippen LogP contribution in [0.2, 0.25) is 0 Å². The highest BCUT2D eigenvalue weighted by Crippen LogP contribution is 2.00. The van der Waals surface area contributed by atoms with Crippen LogP contribution in [-0.2, 0) is 4.79 Å². The van der Waals surface area contributed by atoms with Crippen molar-refractivity contribution >= 4 is 16.9 Å². The molecule has 0 radical (unpaired) electrons. The molecule has 0 bridgehead atoms. The molecule has 0 unspecified atom stereocenters. The SMILES string of the molecule is CC(=O)SC#Cc1ccccc1. The molecule has 1 nitrogen and oxygen atoms in total. The molecule has 0 aliphatic rings. The van der Waals surface area contributed by atoms with Crippen molar-refractivity contribution < 1.29 is 4.79 Å². The molecule has 0 aliphatic heterocycles. The van der Waals surface area contributed by atoms with E-state index in [2.05, 4.69) is 11.2 Å². The van der Waals surface area contributed by atoms with Gasteiger partial charge in [-0.1, -0.05) is 24.1 Å². The maximum absolute atomic E-state index is 10.5. The molecule has 60 valence electrons. The van der Waals surface area contributed by atoms with Gasteiger partial charge < -0.3 is 0 Å². The molecule has 0 saturated carbocycles. The smallest absolute Gasteiger partial charge is 0.198 e. The van der Waals surface area contributed by atoms with Crippen LogP contribution in [0.5, 0.6) is 0 Å². The van der Waals surface area contributed by atoms with E-state index >= 15 is 0 Å². The lowest BCUT2D eigenvalue weighted by Gasteiger charge is -1.85. The number of hydrogen-bond donors (Lipinski definition) is 0. The van der Waals surface area contributed by atoms with E-state index in [1.165, 1.54) is 6.92 Å². The number of hydrogen-bond acceptors (Lipinski definition) is 2. The van der Waals surface area contributed by atoms with Crippen LogP contribution in [0.1, 0.15) is 12.5 Å². The summed E-state index contributed by atoms with van der Waals surface area (Å²) in [6.45, 7) is 1.50. The van der Waals surface area contributed by atoms with Gasteiger partial charge in [-0.15, -0.1) is 0 Å². The molecular formula is C10H8OS. The largest absolute Gasteiger partial charge is 0.287 e. The summed E-state index contributed by atoms with van der Waals surface area (Å²) in [5, 5.41) is 2.74. The van der Waals surface area contributed by atoms with Gasteiger partial charge in [-0.05, 0) is 17.4 Å². The molecule has 1 rings (SSSR count). The van der Waals surface area contributed by atoms with E-state index in [0.29, 0.717) is 0 Å². The molecule has 0 aliphatic carbocycles. The summed E-state index contributed by atoms with van der Waals surface area (Å²) in [7, 11) is 0. The summed E-state index contributed by atoms with van der Waals surface area (Å²) in [6.07, 6.45) is 0. The molecular weight excluding hydrogens is 168 g/mol. The van der Waals surface area contributed by atoms with Gasteiger partial charge in [0.2, 0.25) is 0 Å². The Bertz CT molecular complexity index is 319. The fraction of sp³-hybridized carbons (Fsp3) is 0.100. The topological polar surface area (TPSA) is 17.1 Å². The van der Waals surface area contributed by atoms with Crippen molar-refractivity contribution in [1.82, 2.24) is 0 Å². The maximum atomic E-state index is 10.5. The van der Waals surface area contributed by atoms with Crippen LogP contribution in [0.3, 0.4) is 0 Å². The standard InChI is InChI=1S/C10H8OS/c1-9(11)12-8-7-10-5-3-2-4-6-10/h2-6H,1H3. The van der Waals surface area contributed by atoms with Gasteiger partial charge in [0.25, 0.3) is 0 Å². The Morgan fingerprint density at radius 1 is 1.33 bits per heavy atom. The summed E-state index contributed by atoms with van der Waals surface area (Å²) in [4.78, 5) is 10.5. The van der Waals surface area contributed by atoms with Crippen LogP contribution in [0, 0.1) is 11.2 Å². The lowest BCUT2D eigenvalue weighted by atomic mass is 10.2. The molecule has 0 amide bonds. The zero-order valence-corrected chi connectivity index (χ0v) is 7.52. The van der Waals surface area contributed by atoms with E-state index in [9.17, 15) is 4.79 Å². The van der Waals surface area contributed by atoms with Gasteiger partial charge in [-0.2, -0.15) is 0 Å². The minimum atomic E-state index is 0.0263. The first-order chi connectivity index (χ1) is 5.79. The Kier molecular flexibility index (Phi) is 3.43. The average Bonchev–Trinajstić information content (AvgIpc) is 2.05. The summed E-state index contributed by atoms with van der Waals surface area (Å²) in [5.74, 6) is 2.87. The van der Waals surface area contributed by atoms with Gasteiger partial charge in [-0.3, -0.25) is 4.79 Å². The minimum Gasteiger partial charge on any atom is -0.287 e. The predicted molar refractivity (Wildman–Crippen MR) is 51.6 cm³/mol. The first-order valence-corrected chi connectivity index (χ1v) is 4.34. The highest BCUT2D eigenvalue weighted by molar-refractivity contribution is 8.17. The Hall–Kier alpha value is -1.20. The zero-order valence-electron chi connectivity index (χ0n) is 6.70. The van der Waals surface area contributed by atoms with E-state index < -0.39 is 0 Å². The number of benzene rings is 1. The van der Waals surface area contributed by atoms with E-state index in [1.54, 1.807) is 0 Å². The Morgan fingerprint density at radius 2 is 2.00 bits per heavy atom. The van der Waals surface area contributed by atoms with Gasteiger partial charge in [-0.25, -0.2) is 0 Å². The third-order valence-corrected chi connectivity index (χ3v) is 1.66. The van der Waals surface area contributed by atoms with Crippen LogP contribution >= 0.6 is 11.8 Å². The summed E-state index contributed by atoms with van der Waals surface area (Å²) in [5.41, 5.74) is 0.936. The van der Waals surface area contributed by atoms with Gasteiger partial charge >= 0.3 is 0 Å². The van der Waals surface area contributed by atoms with Crippen molar-refractivity contribution in [2.45, 2.75) is 6.92 Å². The summed E-state index contributed by atoms with van der Waals surface area (Å²) < 4.78 is 0. The molecule has 0 saturated heterocycles. The monoisotopic (exact) mass is 176 g/mol. The highest BCUT2D eigenvalue weighted by atomic mass is 32.2. The lowest BCUT2D eigenvalue weighted by molar-refractivity contribution is -0.109. The number of thioether (sulfide) groups is 1. The fourth-order valence-corrected chi connectivity index (χ4v) is 0.990. The molecule has 0 atom stereocenters. The third-order valence-electron chi connectivity index (χ3n) is 1.16. The second-order valence-corrected chi connectivity index (χ2v) is 3.17. The third kappa shape index (κ3) is 3.27. The second-order valence-electron chi connectivity index (χ2n) is 2.19. The van der Waals surface area contributed by atoms with Crippen molar-refractivity contribution in [3.8, 4) is 11.2 Å². The van der Waals surface area contributed by atoms with Crippen LogP contribution in [0.4, 0.5) is 0 Å². The van der Waals surface area contributed by atoms with Crippen LogP contribution in [0.25, 0.3) is 0 Å². The van der Waals surface area contributed by atoms with Crippen molar-refractivity contribution in [2.75, 3.05) is 0 Å². The minimum absolute atomic E-state index is 0.0263. The van der Waals surface area contributed by atoms with Crippen LogP contribution in [-0.4, -0.2) is 5.12 Å². The highest BCUT2D eigenvalue weighted by Gasteiger charge is 1.86. The molecule has 1 aromatic rings. The van der Waals surface area contributed by atoms with Crippen LogP contribution < -0.4 is 0 Å². The van der Waals surface area contributed by atoms with E-state index in [0.717, 1.165) is 17.3 Å². The van der Waals surface area contributed by atoms with E-state index in [1.807, 2.05) is 30.3 Å². The average molecular weight is 176 g/mol. The second kappa shape index (κ2) is 4.63. The van der Waals surface area contributed by atoms with E-state index in [4.69, 9.17) is 0 Å². The molecule has 0 aromatic heterocycles. The summed E-state index contributed by atoms with van der Waals surface area (Å²) >= 11 is 1.03. The first kappa shape index (κ1) is 8.89. The molecule has 2 heteroatoms. The van der Waals surface area contributed by atoms with E-state index in [-0.39, 0.29) is 5.12 Å². The van der Waals surface area contributed by atoms with Gasteiger partial charge in [0, 0.05) is 24.2 Å². The maximum Gasteiger partial charge on any atom is 0.198 e. The van der Waals surface area contributed by atoms with Crippen molar-refractivity contribution in [3.05, 3.63) is 35.9 Å². The number of carbonyl (C=O) groups excluding carboxylic acids is 1. The van der Waals surface area contributed by atoms with Crippen molar-refractivity contribution in [1.29, 1.82) is 0 Å². The molecule has 0 heterocycles. The van der Waals surface area contributed by atoms with Gasteiger partial charge in [0.15, 0.2) is 5.12 Å². The van der Waals surface area contributed by atoms with Crippen molar-refractivity contribution in [3.63, 3.8) is 0 Å². The fourth-order valence-electron chi connectivity index (χ4n) is 0.678. The normalized spacial score (nSPS) is 8.42. The lowest BCUT2D eigenvalue weighted by Crippen LogP contribution is -1.75. The summed E-state index contributed by atoms with van der Waals surface area (Å²) in [6, 6.07) is 9.59. The Balaban J connectivity index is 2.61. The quantitative estimate of drug-likeness (QED) is 0.564. The van der Waals surface area contributed by atoms with Gasteiger partial charge in [0.05, 0.1) is 0 Å². The molecule has 0 fully saturated rings. The molecule has 0 N–H and O–H groups in total. The number of carbonyl (C=O) groups is 1. The molecule has 0 spiro atoms. The van der Waals surface area contributed by atoms with Crippen molar-refractivity contribution in [2.24, 2.45) is 0 Å².